The molecule has 1 aromatic carbocycles. The Morgan fingerprint density at radius 2 is 1.96 bits per heavy atom. The van der Waals surface area contributed by atoms with Crippen LogP contribution in [0.4, 0.5) is 0 Å². The lowest BCUT2D eigenvalue weighted by Gasteiger charge is -2.08. The van der Waals surface area contributed by atoms with Gasteiger partial charge in [0.25, 0.3) is 5.91 Å². The van der Waals surface area contributed by atoms with E-state index in [1.165, 1.54) is 17.4 Å². The van der Waals surface area contributed by atoms with Gasteiger partial charge >= 0.3 is 0 Å². The first-order chi connectivity index (χ1) is 11.6. The van der Waals surface area contributed by atoms with Crippen LogP contribution in [0.15, 0.2) is 47.9 Å². The molecule has 1 heterocycles. The second kappa shape index (κ2) is 8.80. The molecule has 3 N–H and O–H groups in total. The van der Waals surface area contributed by atoms with E-state index in [0.29, 0.717) is 10.6 Å². The number of carbonyl (C=O) groups is 2. The minimum atomic E-state index is -0.427. The van der Waals surface area contributed by atoms with Crippen molar-refractivity contribution >= 4 is 46.6 Å². The van der Waals surface area contributed by atoms with E-state index < -0.39 is 5.91 Å². The van der Waals surface area contributed by atoms with Crippen molar-refractivity contribution in [1.82, 2.24) is 16.2 Å². The first-order valence-electron chi connectivity index (χ1n) is 6.86. The molecule has 124 valence electrons. The number of hydrazine groups is 1. The van der Waals surface area contributed by atoms with Gasteiger partial charge in [0.05, 0.1) is 12.0 Å². The van der Waals surface area contributed by atoms with Gasteiger partial charge in [0.15, 0.2) is 5.11 Å². The molecule has 0 radical (unpaired) electrons. The fourth-order valence-electron chi connectivity index (χ4n) is 1.74. The molecule has 24 heavy (non-hydrogen) atoms. The van der Waals surface area contributed by atoms with Gasteiger partial charge in [0.2, 0.25) is 5.91 Å². The zero-order valence-corrected chi connectivity index (χ0v) is 14.4. The van der Waals surface area contributed by atoms with Crippen LogP contribution in [0.25, 0.3) is 6.08 Å². The van der Waals surface area contributed by atoms with Crippen LogP contribution in [0, 0.1) is 0 Å². The standard InChI is InChI=1S/C16H15N3O3S2/c1-22-12-6-3-2-5-11(12)8-9-14(20)17-16(23)19-18-15(21)13-7-4-10-24-13/h2-10H,1H3,(H,18,21)(H2,17,19,20,23). The number of amides is 2. The lowest BCUT2D eigenvalue weighted by atomic mass is 10.2. The maximum absolute atomic E-state index is 11.8. The van der Waals surface area contributed by atoms with Crippen molar-refractivity contribution in [2.75, 3.05) is 7.11 Å². The Morgan fingerprint density at radius 1 is 1.17 bits per heavy atom. The van der Waals surface area contributed by atoms with Crippen LogP contribution < -0.4 is 20.9 Å². The summed E-state index contributed by atoms with van der Waals surface area (Å²) in [5, 5.41) is 4.22. The van der Waals surface area contributed by atoms with Gasteiger partial charge in [-0.1, -0.05) is 24.3 Å². The van der Waals surface area contributed by atoms with E-state index in [9.17, 15) is 9.59 Å². The molecule has 2 aromatic rings. The lowest BCUT2D eigenvalue weighted by Crippen LogP contribution is -2.48. The van der Waals surface area contributed by atoms with Crippen LogP contribution in [0.5, 0.6) is 5.75 Å². The zero-order chi connectivity index (χ0) is 17.4. The fourth-order valence-corrected chi connectivity index (χ4v) is 2.51. The Labute approximate surface area is 148 Å². The molecule has 0 unspecified atom stereocenters. The van der Waals surface area contributed by atoms with Crippen LogP contribution in [0.2, 0.25) is 0 Å². The molecule has 0 fully saturated rings. The third-order valence-electron chi connectivity index (χ3n) is 2.82. The molecule has 2 amide bonds. The molecule has 0 bridgehead atoms. The third kappa shape index (κ3) is 5.18. The van der Waals surface area contributed by atoms with E-state index in [4.69, 9.17) is 17.0 Å². The zero-order valence-electron chi connectivity index (χ0n) is 12.7. The van der Waals surface area contributed by atoms with Gasteiger partial charge in [-0.15, -0.1) is 11.3 Å². The summed E-state index contributed by atoms with van der Waals surface area (Å²) in [4.78, 5) is 24.1. The molecule has 0 saturated carbocycles. The summed E-state index contributed by atoms with van der Waals surface area (Å²) in [6.45, 7) is 0. The van der Waals surface area contributed by atoms with Crippen LogP contribution >= 0.6 is 23.6 Å². The molecule has 0 atom stereocenters. The molecule has 0 spiro atoms. The van der Waals surface area contributed by atoms with Crippen molar-refractivity contribution < 1.29 is 14.3 Å². The monoisotopic (exact) mass is 361 g/mol. The van der Waals surface area contributed by atoms with Crippen molar-refractivity contribution in [3.8, 4) is 5.75 Å². The number of hydrogen-bond acceptors (Lipinski definition) is 5. The highest BCUT2D eigenvalue weighted by molar-refractivity contribution is 7.80. The first kappa shape index (κ1) is 17.6. The molecule has 0 saturated heterocycles. The molecule has 8 heteroatoms. The highest BCUT2D eigenvalue weighted by Gasteiger charge is 2.07. The minimum Gasteiger partial charge on any atom is -0.496 e. The summed E-state index contributed by atoms with van der Waals surface area (Å²) in [6, 6.07) is 10.7. The van der Waals surface area contributed by atoms with E-state index >= 15 is 0 Å². The largest absolute Gasteiger partial charge is 0.496 e. The summed E-state index contributed by atoms with van der Waals surface area (Å²) in [5.74, 6) is -0.0968. The smallest absolute Gasteiger partial charge is 0.279 e. The number of carbonyl (C=O) groups excluding carboxylic acids is 2. The van der Waals surface area contributed by atoms with E-state index in [-0.39, 0.29) is 11.0 Å². The quantitative estimate of drug-likeness (QED) is 0.442. The van der Waals surface area contributed by atoms with Gasteiger partial charge < -0.3 is 4.74 Å². The van der Waals surface area contributed by atoms with Crippen molar-refractivity contribution in [2.45, 2.75) is 0 Å². The fraction of sp³-hybridized carbons (Fsp3) is 0.0625. The Kier molecular flexibility index (Phi) is 6.47. The maximum Gasteiger partial charge on any atom is 0.279 e. The van der Waals surface area contributed by atoms with Crippen LogP contribution in [-0.4, -0.2) is 24.0 Å². The molecule has 2 rings (SSSR count). The average Bonchev–Trinajstić information content (AvgIpc) is 3.12. The molecular weight excluding hydrogens is 346 g/mol. The van der Waals surface area contributed by atoms with Crippen LogP contribution in [0.1, 0.15) is 15.2 Å². The van der Waals surface area contributed by atoms with Gasteiger partial charge in [-0.25, -0.2) is 0 Å². The Bertz CT molecular complexity index is 758. The topological polar surface area (TPSA) is 79.5 Å². The van der Waals surface area contributed by atoms with Gasteiger partial charge in [-0.3, -0.25) is 25.8 Å². The summed E-state index contributed by atoms with van der Waals surface area (Å²) in [5.41, 5.74) is 5.64. The summed E-state index contributed by atoms with van der Waals surface area (Å²) < 4.78 is 5.19. The number of hydrogen-bond donors (Lipinski definition) is 3. The second-order valence-corrected chi connectivity index (χ2v) is 5.81. The van der Waals surface area contributed by atoms with Crippen LogP contribution in [-0.2, 0) is 4.79 Å². The van der Waals surface area contributed by atoms with Gasteiger partial charge in [0.1, 0.15) is 5.75 Å². The summed E-state index contributed by atoms with van der Waals surface area (Å²) in [6.07, 6.45) is 2.94. The van der Waals surface area contributed by atoms with E-state index in [1.807, 2.05) is 18.2 Å². The number of thiocarbonyl (C=S) groups is 1. The number of para-hydroxylation sites is 1. The number of benzene rings is 1. The maximum atomic E-state index is 11.8. The van der Waals surface area contributed by atoms with E-state index in [2.05, 4.69) is 16.2 Å². The molecule has 0 aliphatic heterocycles. The third-order valence-corrected chi connectivity index (χ3v) is 3.90. The SMILES string of the molecule is COc1ccccc1C=CC(=O)NC(=S)NNC(=O)c1cccs1. The predicted molar refractivity (Wildman–Crippen MR) is 97.7 cm³/mol. The van der Waals surface area contributed by atoms with Crippen molar-refractivity contribution in [3.63, 3.8) is 0 Å². The normalized spacial score (nSPS) is 10.2. The number of methoxy groups -OCH3 is 1. The number of ether oxygens (including phenoxy) is 1. The van der Waals surface area contributed by atoms with Crippen LogP contribution in [0.3, 0.4) is 0 Å². The van der Waals surface area contributed by atoms with Crippen molar-refractivity contribution in [3.05, 3.63) is 58.3 Å². The van der Waals surface area contributed by atoms with Gasteiger partial charge in [0, 0.05) is 11.6 Å². The number of rotatable bonds is 4. The van der Waals surface area contributed by atoms with Crippen molar-refractivity contribution in [2.24, 2.45) is 0 Å². The van der Waals surface area contributed by atoms with Gasteiger partial charge in [-0.05, 0) is 35.8 Å². The van der Waals surface area contributed by atoms with E-state index in [0.717, 1.165) is 5.56 Å². The number of nitrogens with one attached hydrogen (secondary N) is 3. The average molecular weight is 361 g/mol. The van der Waals surface area contributed by atoms with Gasteiger partial charge in [-0.2, -0.15) is 0 Å². The van der Waals surface area contributed by atoms with Crippen molar-refractivity contribution in [1.29, 1.82) is 0 Å². The predicted octanol–water partition coefficient (Wildman–Crippen LogP) is 2.11. The number of thiophene rings is 1. The Balaban J connectivity index is 1.82. The molecular formula is C16H15N3O3S2. The lowest BCUT2D eigenvalue weighted by molar-refractivity contribution is -0.115. The Morgan fingerprint density at radius 3 is 2.67 bits per heavy atom. The molecule has 1 aromatic heterocycles. The first-order valence-corrected chi connectivity index (χ1v) is 8.15. The van der Waals surface area contributed by atoms with E-state index in [1.54, 1.807) is 36.8 Å². The second-order valence-electron chi connectivity index (χ2n) is 4.45. The molecule has 0 aliphatic rings. The Hall–Kier alpha value is -2.71. The highest BCUT2D eigenvalue weighted by atomic mass is 32.1. The molecule has 0 aliphatic carbocycles. The summed E-state index contributed by atoms with van der Waals surface area (Å²) in [7, 11) is 1.56. The molecule has 6 nitrogen and oxygen atoms in total. The highest BCUT2D eigenvalue weighted by Crippen LogP contribution is 2.18. The minimum absolute atomic E-state index is 0.00502. The summed E-state index contributed by atoms with van der Waals surface area (Å²) >= 11 is 6.24.